The molecule has 1 heterocycles. The minimum atomic E-state index is -0.140. The predicted octanol–water partition coefficient (Wildman–Crippen LogP) is 7.98. The number of rotatable bonds is 10. The fourth-order valence-corrected chi connectivity index (χ4v) is 5.15. The number of piperidine rings is 1. The second-order valence-electron chi connectivity index (χ2n) is 9.93. The van der Waals surface area contributed by atoms with E-state index in [1.165, 1.54) is 30.4 Å². The van der Waals surface area contributed by atoms with Crippen molar-refractivity contribution in [1.29, 1.82) is 0 Å². The third-order valence-electron chi connectivity index (χ3n) is 7.22. The van der Waals surface area contributed by atoms with Gasteiger partial charge in [0.2, 0.25) is 0 Å². The first kappa shape index (κ1) is 26.3. The van der Waals surface area contributed by atoms with Crippen LogP contribution < -0.4 is 15.0 Å². The second kappa shape index (κ2) is 13.5. The van der Waals surface area contributed by atoms with Gasteiger partial charge in [-0.2, -0.15) is 0 Å². The molecule has 4 nitrogen and oxygen atoms in total. The minimum Gasteiger partial charge on any atom is -0.456 e. The van der Waals surface area contributed by atoms with Crippen molar-refractivity contribution in [1.82, 2.24) is 5.32 Å². The topological polar surface area (TPSA) is 41.6 Å². The number of carbonyl (C=O) groups is 1. The van der Waals surface area contributed by atoms with Crippen molar-refractivity contribution in [3.8, 4) is 11.5 Å². The van der Waals surface area contributed by atoms with E-state index < -0.39 is 0 Å². The highest BCUT2D eigenvalue weighted by Crippen LogP contribution is 2.32. The zero-order valence-electron chi connectivity index (χ0n) is 22.3. The van der Waals surface area contributed by atoms with Crippen LogP contribution in [0.5, 0.6) is 11.5 Å². The Bertz CT molecular complexity index is 1310. The standard InChI is InChI=1S/C35H36N2O2/c38-35(36-24-12-11-21-32(28-15-5-1-6-16-28)29-17-7-2-8-18-29)33-23-22-30(37-25-13-4-14-26-37)27-34(33)39-31-19-9-3-10-20-31/h1-3,5-12,15-20,22-23,27,32H,4,13-14,21,24-26H2,(H,36,38)/b12-11-. The first-order chi connectivity index (χ1) is 19.3. The van der Waals surface area contributed by atoms with Crippen molar-refractivity contribution < 1.29 is 9.53 Å². The third kappa shape index (κ3) is 7.17. The van der Waals surface area contributed by atoms with Gasteiger partial charge in [-0.3, -0.25) is 4.79 Å². The quantitative estimate of drug-likeness (QED) is 0.217. The summed E-state index contributed by atoms with van der Waals surface area (Å²) in [6.07, 6.45) is 8.71. The van der Waals surface area contributed by atoms with Crippen LogP contribution in [0.2, 0.25) is 0 Å². The molecule has 0 unspecified atom stereocenters. The van der Waals surface area contributed by atoms with E-state index in [2.05, 4.69) is 64.8 Å². The van der Waals surface area contributed by atoms with Crippen LogP contribution in [0, 0.1) is 0 Å². The van der Waals surface area contributed by atoms with Crippen LogP contribution in [0.15, 0.2) is 121 Å². The van der Waals surface area contributed by atoms with Crippen LogP contribution >= 0.6 is 0 Å². The van der Waals surface area contributed by atoms with Crippen molar-refractivity contribution in [3.05, 3.63) is 138 Å². The summed E-state index contributed by atoms with van der Waals surface area (Å²) < 4.78 is 6.21. The Morgan fingerprint density at radius 1 is 0.769 bits per heavy atom. The summed E-state index contributed by atoms with van der Waals surface area (Å²) >= 11 is 0. The van der Waals surface area contributed by atoms with E-state index in [0.717, 1.165) is 30.9 Å². The number of para-hydroxylation sites is 1. The number of allylic oxidation sites excluding steroid dienone is 1. The first-order valence-corrected chi connectivity index (χ1v) is 13.9. The molecule has 1 saturated heterocycles. The molecular weight excluding hydrogens is 480 g/mol. The highest BCUT2D eigenvalue weighted by atomic mass is 16.5. The molecule has 4 heteroatoms. The van der Waals surface area contributed by atoms with E-state index in [-0.39, 0.29) is 11.8 Å². The Kier molecular flexibility index (Phi) is 9.09. The number of nitrogens with one attached hydrogen (secondary N) is 1. The molecule has 198 valence electrons. The highest BCUT2D eigenvalue weighted by molar-refractivity contribution is 5.97. The Hall–Kier alpha value is -4.31. The Morgan fingerprint density at radius 2 is 1.38 bits per heavy atom. The SMILES string of the molecule is O=C(NC/C=C\CC(c1ccccc1)c1ccccc1)c1ccc(N2CCCCC2)cc1Oc1ccccc1. The molecule has 0 spiro atoms. The number of amides is 1. The number of carbonyl (C=O) groups excluding carboxylic acids is 1. The molecule has 1 amide bonds. The lowest BCUT2D eigenvalue weighted by Crippen LogP contribution is -2.29. The maximum Gasteiger partial charge on any atom is 0.255 e. The zero-order chi connectivity index (χ0) is 26.7. The van der Waals surface area contributed by atoms with E-state index in [4.69, 9.17) is 4.74 Å². The average molecular weight is 517 g/mol. The first-order valence-electron chi connectivity index (χ1n) is 13.9. The highest BCUT2D eigenvalue weighted by Gasteiger charge is 2.18. The van der Waals surface area contributed by atoms with Gasteiger partial charge < -0.3 is 15.0 Å². The van der Waals surface area contributed by atoms with E-state index in [0.29, 0.717) is 17.9 Å². The van der Waals surface area contributed by atoms with Crippen LogP contribution in [0.25, 0.3) is 0 Å². The number of ether oxygens (including phenoxy) is 1. The van der Waals surface area contributed by atoms with Gasteiger partial charge in [-0.1, -0.05) is 91.0 Å². The second-order valence-corrected chi connectivity index (χ2v) is 9.93. The number of benzene rings is 4. The molecular formula is C35H36N2O2. The smallest absolute Gasteiger partial charge is 0.255 e. The summed E-state index contributed by atoms with van der Waals surface area (Å²) in [7, 11) is 0. The van der Waals surface area contributed by atoms with Crippen molar-refractivity contribution in [2.24, 2.45) is 0 Å². The van der Waals surface area contributed by atoms with Gasteiger partial charge in [-0.05, 0) is 61.1 Å². The van der Waals surface area contributed by atoms with E-state index >= 15 is 0 Å². The summed E-state index contributed by atoms with van der Waals surface area (Å²) in [4.78, 5) is 15.6. The van der Waals surface area contributed by atoms with Crippen LogP contribution in [-0.4, -0.2) is 25.5 Å². The molecule has 5 rings (SSSR count). The molecule has 0 saturated carbocycles. The lowest BCUT2D eigenvalue weighted by atomic mass is 9.88. The van der Waals surface area contributed by atoms with Crippen LogP contribution in [0.3, 0.4) is 0 Å². The number of anilines is 1. The molecule has 4 aromatic carbocycles. The fraction of sp³-hybridized carbons (Fsp3) is 0.229. The van der Waals surface area contributed by atoms with Crippen LogP contribution in [-0.2, 0) is 0 Å². The van der Waals surface area contributed by atoms with Crippen molar-refractivity contribution in [3.63, 3.8) is 0 Å². The van der Waals surface area contributed by atoms with Crippen molar-refractivity contribution in [2.45, 2.75) is 31.6 Å². The van der Waals surface area contributed by atoms with Gasteiger partial charge in [-0.15, -0.1) is 0 Å². The monoisotopic (exact) mass is 516 g/mol. The maximum atomic E-state index is 13.2. The van der Waals surface area contributed by atoms with E-state index in [1.807, 2.05) is 66.7 Å². The summed E-state index contributed by atoms with van der Waals surface area (Å²) in [5.41, 5.74) is 4.21. The van der Waals surface area contributed by atoms with E-state index in [1.54, 1.807) is 0 Å². The summed E-state index contributed by atoms with van der Waals surface area (Å²) in [6, 6.07) is 36.7. The largest absolute Gasteiger partial charge is 0.456 e. The fourth-order valence-electron chi connectivity index (χ4n) is 5.15. The predicted molar refractivity (Wildman–Crippen MR) is 160 cm³/mol. The summed E-state index contributed by atoms with van der Waals surface area (Å²) in [5, 5.41) is 3.06. The molecule has 1 fully saturated rings. The normalized spacial score (nSPS) is 13.5. The Balaban J connectivity index is 1.26. The van der Waals surface area contributed by atoms with Gasteiger partial charge in [0.15, 0.2) is 0 Å². The van der Waals surface area contributed by atoms with Gasteiger partial charge in [-0.25, -0.2) is 0 Å². The van der Waals surface area contributed by atoms with Gasteiger partial charge in [0.1, 0.15) is 11.5 Å². The number of nitrogens with zero attached hydrogens (tertiary/aromatic N) is 1. The molecule has 0 aliphatic carbocycles. The Morgan fingerprint density at radius 3 is 2.03 bits per heavy atom. The average Bonchev–Trinajstić information content (AvgIpc) is 3.00. The Labute approximate surface area is 232 Å². The van der Waals surface area contributed by atoms with Crippen LogP contribution in [0.4, 0.5) is 5.69 Å². The molecule has 0 radical (unpaired) electrons. The molecule has 0 bridgehead atoms. The molecule has 1 aliphatic heterocycles. The molecule has 4 aromatic rings. The number of hydrogen-bond acceptors (Lipinski definition) is 3. The lowest BCUT2D eigenvalue weighted by Gasteiger charge is -2.29. The molecule has 0 aromatic heterocycles. The van der Waals surface area contributed by atoms with Gasteiger partial charge in [0.05, 0.1) is 5.56 Å². The van der Waals surface area contributed by atoms with Crippen molar-refractivity contribution >= 4 is 11.6 Å². The molecule has 0 atom stereocenters. The molecule has 39 heavy (non-hydrogen) atoms. The van der Waals surface area contributed by atoms with Gasteiger partial charge >= 0.3 is 0 Å². The van der Waals surface area contributed by atoms with Crippen LogP contribution in [0.1, 0.15) is 53.1 Å². The van der Waals surface area contributed by atoms with Gasteiger partial charge in [0.25, 0.3) is 5.91 Å². The van der Waals surface area contributed by atoms with Crippen molar-refractivity contribution in [2.75, 3.05) is 24.5 Å². The molecule has 1 N–H and O–H groups in total. The minimum absolute atomic E-state index is 0.140. The molecule has 1 aliphatic rings. The zero-order valence-corrected chi connectivity index (χ0v) is 22.3. The van der Waals surface area contributed by atoms with Gasteiger partial charge in [0, 0.05) is 37.3 Å². The summed E-state index contributed by atoms with van der Waals surface area (Å²) in [6.45, 7) is 2.52. The maximum absolute atomic E-state index is 13.2. The number of hydrogen-bond donors (Lipinski definition) is 1. The summed E-state index contributed by atoms with van der Waals surface area (Å²) in [5.74, 6) is 1.43. The lowest BCUT2D eigenvalue weighted by molar-refractivity contribution is 0.0955. The van der Waals surface area contributed by atoms with E-state index in [9.17, 15) is 4.79 Å². The third-order valence-corrected chi connectivity index (χ3v) is 7.22.